The number of alkyl halides is 2. The molecule has 18 heavy (non-hydrogen) atoms. The summed E-state index contributed by atoms with van der Waals surface area (Å²) in [6.07, 6.45) is 1.05. The highest BCUT2D eigenvalue weighted by molar-refractivity contribution is 14.1. The molecule has 0 saturated heterocycles. The maximum Gasteiger partial charge on any atom is 0.123 e. The highest BCUT2D eigenvalue weighted by Crippen LogP contribution is 2.38. The van der Waals surface area contributed by atoms with Crippen molar-refractivity contribution in [1.29, 1.82) is 0 Å². The van der Waals surface area contributed by atoms with E-state index in [1.54, 1.807) is 0 Å². The highest BCUT2D eigenvalue weighted by Gasteiger charge is 2.14. The minimum Gasteiger partial charge on any atom is -0.207 e. The predicted octanol–water partition coefficient (Wildman–Crippen LogP) is 5.87. The molecule has 0 aliphatic heterocycles. The van der Waals surface area contributed by atoms with Crippen molar-refractivity contribution >= 4 is 45.2 Å². The molecule has 0 nitrogen and oxygen atoms in total. The highest BCUT2D eigenvalue weighted by atomic mass is 127. The Morgan fingerprint density at radius 1 is 0.778 bits per heavy atom. The molecule has 0 aliphatic carbocycles. The Bertz CT molecular complexity index is 482. The Balaban J connectivity index is 2.03. The summed E-state index contributed by atoms with van der Waals surface area (Å²) in [7, 11) is 0. The van der Waals surface area contributed by atoms with Gasteiger partial charge in [-0.15, -0.1) is 0 Å². The zero-order chi connectivity index (χ0) is 13.0. The van der Waals surface area contributed by atoms with Gasteiger partial charge in [-0.05, 0) is 29.7 Å². The average Bonchev–Trinajstić information content (AvgIpc) is 2.40. The fourth-order valence-corrected chi connectivity index (χ4v) is 4.61. The molecule has 2 atom stereocenters. The average molecular weight is 466 g/mol. The molecule has 0 amide bonds. The first-order valence-corrected chi connectivity index (χ1v) is 8.24. The van der Waals surface area contributed by atoms with Crippen LogP contribution in [0, 0.1) is 5.82 Å². The van der Waals surface area contributed by atoms with Crippen LogP contribution in [0.4, 0.5) is 4.39 Å². The van der Waals surface area contributed by atoms with Crippen LogP contribution >= 0.6 is 45.2 Å². The van der Waals surface area contributed by atoms with Gasteiger partial charge in [0, 0.05) is 7.85 Å². The van der Waals surface area contributed by atoms with Crippen molar-refractivity contribution in [1.82, 2.24) is 0 Å². The summed E-state index contributed by atoms with van der Waals surface area (Å²) < 4.78 is 13.8. The zero-order valence-electron chi connectivity index (χ0n) is 9.69. The minimum atomic E-state index is -0.170. The molecule has 0 saturated carbocycles. The zero-order valence-corrected chi connectivity index (χ0v) is 14.0. The molecule has 94 valence electrons. The quantitative estimate of drug-likeness (QED) is 0.391. The lowest BCUT2D eigenvalue weighted by atomic mass is 10.0. The van der Waals surface area contributed by atoms with Crippen LogP contribution in [-0.4, -0.2) is 0 Å². The first kappa shape index (κ1) is 14.2. The third kappa shape index (κ3) is 3.91. The third-order valence-electron chi connectivity index (χ3n) is 2.81. The lowest BCUT2D eigenvalue weighted by Gasteiger charge is -2.15. The Kier molecular flexibility index (Phi) is 5.41. The van der Waals surface area contributed by atoms with E-state index in [0.717, 1.165) is 6.42 Å². The fourth-order valence-electron chi connectivity index (χ4n) is 1.79. The van der Waals surface area contributed by atoms with Gasteiger partial charge in [0.15, 0.2) is 0 Å². The lowest BCUT2D eigenvalue weighted by molar-refractivity contribution is 0.626. The standard InChI is InChI=1S/C15H13FI2/c16-13-8-6-12(7-9-13)15(18)10-14(17)11-4-2-1-3-5-11/h1-9,14-15H,10H2. The molecule has 0 aromatic heterocycles. The topological polar surface area (TPSA) is 0 Å². The summed E-state index contributed by atoms with van der Waals surface area (Å²) in [5, 5.41) is 0. The van der Waals surface area contributed by atoms with E-state index >= 15 is 0 Å². The smallest absolute Gasteiger partial charge is 0.123 e. The van der Waals surface area contributed by atoms with Crippen LogP contribution in [0.1, 0.15) is 25.4 Å². The molecule has 0 aliphatic rings. The predicted molar refractivity (Wildman–Crippen MR) is 91.0 cm³/mol. The molecular formula is C15H13FI2. The molecule has 3 heteroatoms. The molecule has 2 aromatic rings. The van der Waals surface area contributed by atoms with Gasteiger partial charge in [0.25, 0.3) is 0 Å². The summed E-state index contributed by atoms with van der Waals surface area (Å²) in [6.45, 7) is 0. The molecule has 0 N–H and O–H groups in total. The summed E-state index contributed by atoms with van der Waals surface area (Å²) in [5.74, 6) is -0.170. The number of hydrogen-bond acceptors (Lipinski definition) is 0. The van der Waals surface area contributed by atoms with Crippen LogP contribution in [0.2, 0.25) is 0 Å². The molecule has 2 unspecified atom stereocenters. The second-order valence-corrected chi connectivity index (χ2v) is 7.14. The maximum absolute atomic E-state index is 12.9. The summed E-state index contributed by atoms with van der Waals surface area (Å²) in [6, 6.07) is 17.3. The number of benzene rings is 2. The van der Waals surface area contributed by atoms with Gasteiger partial charge in [0.05, 0.1) is 0 Å². The van der Waals surface area contributed by atoms with E-state index in [1.165, 1.54) is 23.3 Å². The summed E-state index contributed by atoms with van der Waals surface area (Å²) in [4.78, 5) is 0. The van der Waals surface area contributed by atoms with Crippen molar-refractivity contribution in [3.05, 3.63) is 71.5 Å². The van der Waals surface area contributed by atoms with Crippen molar-refractivity contribution in [2.24, 2.45) is 0 Å². The number of rotatable bonds is 4. The fraction of sp³-hybridized carbons (Fsp3) is 0.200. The van der Waals surface area contributed by atoms with Crippen LogP contribution in [0.15, 0.2) is 54.6 Å². The van der Waals surface area contributed by atoms with Gasteiger partial charge < -0.3 is 0 Å². The third-order valence-corrected chi connectivity index (χ3v) is 5.26. The first-order valence-electron chi connectivity index (χ1n) is 5.75. The summed E-state index contributed by atoms with van der Waals surface area (Å²) in [5.41, 5.74) is 2.54. The van der Waals surface area contributed by atoms with Gasteiger partial charge in [-0.25, -0.2) is 4.39 Å². The molecule has 0 fully saturated rings. The molecule has 0 bridgehead atoms. The van der Waals surface area contributed by atoms with Crippen LogP contribution in [0.3, 0.4) is 0 Å². The van der Waals surface area contributed by atoms with Gasteiger partial charge in [-0.3, -0.25) is 0 Å². The van der Waals surface area contributed by atoms with Crippen molar-refractivity contribution in [2.45, 2.75) is 14.3 Å². The van der Waals surface area contributed by atoms with Crippen molar-refractivity contribution in [3.63, 3.8) is 0 Å². The SMILES string of the molecule is Fc1ccc(C(I)CC(I)c2ccccc2)cc1. The van der Waals surface area contributed by atoms with Gasteiger partial charge in [0.2, 0.25) is 0 Å². The monoisotopic (exact) mass is 466 g/mol. The Labute approximate surface area is 134 Å². The minimum absolute atomic E-state index is 0.170. The lowest BCUT2D eigenvalue weighted by Crippen LogP contribution is -1.96. The second-order valence-electron chi connectivity index (χ2n) is 4.13. The van der Waals surface area contributed by atoms with Crippen LogP contribution < -0.4 is 0 Å². The Morgan fingerprint density at radius 2 is 1.28 bits per heavy atom. The normalized spacial score (nSPS) is 14.2. The largest absolute Gasteiger partial charge is 0.207 e. The molecule has 0 radical (unpaired) electrons. The molecular weight excluding hydrogens is 453 g/mol. The second kappa shape index (κ2) is 6.84. The van der Waals surface area contributed by atoms with E-state index in [0.29, 0.717) is 7.85 Å². The van der Waals surface area contributed by atoms with Crippen LogP contribution in [0.5, 0.6) is 0 Å². The van der Waals surface area contributed by atoms with Crippen LogP contribution in [-0.2, 0) is 0 Å². The molecule has 2 rings (SSSR count). The number of halogens is 3. The van der Waals surface area contributed by atoms with Crippen molar-refractivity contribution in [3.8, 4) is 0 Å². The van der Waals surface area contributed by atoms with E-state index < -0.39 is 0 Å². The maximum atomic E-state index is 12.9. The van der Waals surface area contributed by atoms with E-state index in [-0.39, 0.29) is 5.82 Å². The summed E-state index contributed by atoms with van der Waals surface area (Å²) >= 11 is 4.91. The van der Waals surface area contributed by atoms with Gasteiger partial charge in [-0.1, -0.05) is 87.6 Å². The molecule has 2 aromatic carbocycles. The Hall–Kier alpha value is -0.170. The van der Waals surface area contributed by atoms with Crippen LogP contribution in [0.25, 0.3) is 0 Å². The van der Waals surface area contributed by atoms with E-state index in [9.17, 15) is 4.39 Å². The van der Waals surface area contributed by atoms with Gasteiger partial charge in [0.1, 0.15) is 5.82 Å². The van der Waals surface area contributed by atoms with Crippen molar-refractivity contribution < 1.29 is 4.39 Å². The van der Waals surface area contributed by atoms with Gasteiger partial charge in [-0.2, -0.15) is 0 Å². The van der Waals surface area contributed by atoms with E-state index in [1.807, 2.05) is 18.2 Å². The van der Waals surface area contributed by atoms with E-state index in [2.05, 4.69) is 69.4 Å². The molecule has 0 spiro atoms. The molecule has 0 heterocycles. The Morgan fingerprint density at radius 3 is 1.83 bits per heavy atom. The van der Waals surface area contributed by atoms with Gasteiger partial charge >= 0.3 is 0 Å². The number of hydrogen-bond donors (Lipinski definition) is 0. The van der Waals surface area contributed by atoms with Crippen molar-refractivity contribution in [2.75, 3.05) is 0 Å². The van der Waals surface area contributed by atoms with E-state index in [4.69, 9.17) is 0 Å². The first-order chi connectivity index (χ1) is 8.66.